The van der Waals surface area contributed by atoms with Gasteiger partial charge in [0.2, 0.25) is 0 Å². The summed E-state index contributed by atoms with van der Waals surface area (Å²) in [5, 5.41) is 2.16. The molecule has 0 N–H and O–H groups in total. The second-order valence-corrected chi connectivity index (χ2v) is 7.48. The topological polar surface area (TPSA) is 76.8 Å². The van der Waals surface area contributed by atoms with Gasteiger partial charge in [-0.05, 0) is 34.7 Å². The largest absolute Gasteiger partial charge is 0.337 e. The van der Waals surface area contributed by atoms with Crippen LogP contribution in [0.2, 0.25) is 0 Å². The molecule has 0 aliphatic rings. The number of amides is 1. The van der Waals surface area contributed by atoms with Crippen LogP contribution in [0.4, 0.5) is 0 Å². The van der Waals surface area contributed by atoms with Crippen molar-refractivity contribution in [3.8, 4) is 0 Å². The van der Waals surface area contributed by atoms with Gasteiger partial charge in [0.25, 0.3) is 5.91 Å². The second kappa shape index (κ2) is 7.95. The van der Waals surface area contributed by atoms with Gasteiger partial charge in [0.1, 0.15) is 5.52 Å². The molecule has 0 spiro atoms. The van der Waals surface area contributed by atoms with E-state index in [4.69, 9.17) is 0 Å². The van der Waals surface area contributed by atoms with Crippen molar-refractivity contribution in [3.05, 3.63) is 96.5 Å². The lowest BCUT2D eigenvalue weighted by molar-refractivity contribution is 0.0785. The molecule has 152 valence electrons. The Kier molecular flexibility index (Phi) is 4.84. The van der Waals surface area contributed by atoms with E-state index in [9.17, 15) is 4.79 Å². The minimum absolute atomic E-state index is 0.0951. The van der Waals surface area contributed by atoms with Crippen LogP contribution in [-0.4, -0.2) is 42.4 Å². The highest BCUT2D eigenvalue weighted by Gasteiger charge is 2.16. The monoisotopic (exact) mass is 408 g/mol. The van der Waals surface area contributed by atoms with Crippen molar-refractivity contribution in [1.82, 2.24) is 29.4 Å². The number of carbonyl (C=O) groups is 1. The third kappa shape index (κ3) is 3.73. The standard InChI is InChI=1S/C24H20N6O/c1-29(15-19-6-2-5-18-12-26-9-7-21(18)19)24(31)20-10-22-23(27-13-20)30(16-28-22)14-17-4-3-8-25-11-17/h2-13,16H,14-15H2,1H3. The molecule has 7 heteroatoms. The van der Waals surface area contributed by atoms with E-state index in [0.717, 1.165) is 27.5 Å². The molecule has 0 bridgehead atoms. The quantitative estimate of drug-likeness (QED) is 0.443. The fourth-order valence-electron chi connectivity index (χ4n) is 3.75. The molecule has 4 heterocycles. The molecule has 4 aromatic heterocycles. The fraction of sp³-hybridized carbons (Fsp3) is 0.125. The highest BCUT2D eigenvalue weighted by molar-refractivity contribution is 5.96. The van der Waals surface area contributed by atoms with Crippen LogP contribution in [0.25, 0.3) is 21.9 Å². The summed E-state index contributed by atoms with van der Waals surface area (Å²) >= 11 is 0. The molecule has 1 aromatic carbocycles. The zero-order valence-electron chi connectivity index (χ0n) is 17.0. The third-order valence-electron chi connectivity index (χ3n) is 5.30. The van der Waals surface area contributed by atoms with Gasteiger partial charge in [-0.2, -0.15) is 0 Å². The molecule has 0 aliphatic heterocycles. The summed E-state index contributed by atoms with van der Waals surface area (Å²) in [6, 6.07) is 13.7. The van der Waals surface area contributed by atoms with Gasteiger partial charge >= 0.3 is 0 Å². The first-order chi connectivity index (χ1) is 15.2. The Hall–Kier alpha value is -4.13. The Morgan fingerprint density at radius 3 is 2.77 bits per heavy atom. The van der Waals surface area contributed by atoms with Crippen LogP contribution in [0, 0.1) is 0 Å². The zero-order chi connectivity index (χ0) is 21.2. The Labute approximate surface area is 179 Å². The average Bonchev–Trinajstić information content (AvgIpc) is 3.21. The predicted molar refractivity (Wildman–Crippen MR) is 118 cm³/mol. The molecule has 0 saturated carbocycles. The summed E-state index contributed by atoms with van der Waals surface area (Å²) in [6.07, 6.45) is 10.5. The molecular weight excluding hydrogens is 388 g/mol. The molecule has 0 aliphatic carbocycles. The molecule has 7 nitrogen and oxygen atoms in total. The first-order valence-electron chi connectivity index (χ1n) is 9.96. The molecule has 5 aromatic rings. The molecule has 0 radical (unpaired) electrons. The number of hydrogen-bond donors (Lipinski definition) is 0. The number of benzene rings is 1. The minimum Gasteiger partial charge on any atom is -0.337 e. The van der Waals surface area contributed by atoms with E-state index in [1.165, 1.54) is 0 Å². The van der Waals surface area contributed by atoms with Gasteiger partial charge in [-0.3, -0.25) is 14.8 Å². The molecular formula is C24H20N6O. The zero-order valence-corrected chi connectivity index (χ0v) is 17.0. The van der Waals surface area contributed by atoms with E-state index in [-0.39, 0.29) is 5.91 Å². The van der Waals surface area contributed by atoms with E-state index in [2.05, 4.69) is 19.9 Å². The molecule has 0 saturated heterocycles. The summed E-state index contributed by atoms with van der Waals surface area (Å²) in [5.41, 5.74) is 4.09. The van der Waals surface area contributed by atoms with E-state index in [1.54, 1.807) is 42.9 Å². The highest BCUT2D eigenvalue weighted by Crippen LogP contribution is 2.20. The number of rotatable bonds is 5. The second-order valence-electron chi connectivity index (χ2n) is 7.48. The van der Waals surface area contributed by atoms with Crippen LogP contribution in [0.5, 0.6) is 0 Å². The Balaban J connectivity index is 1.38. The van der Waals surface area contributed by atoms with Crippen LogP contribution >= 0.6 is 0 Å². The summed E-state index contributed by atoms with van der Waals surface area (Å²) in [5.74, 6) is -0.0951. The number of nitrogens with zero attached hydrogens (tertiary/aromatic N) is 6. The van der Waals surface area contributed by atoms with Crippen molar-refractivity contribution in [2.24, 2.45) is 0 Å². The lowest BCUT2D eigenvalue weighted by atomic mass is 10.1. The minimum atomic E-state index is -0.0951. The molecule has 0 fully saturated rings. The smallest absolute Gasteiger partial charge is 0.255 e. The van der Waals surface area contributed by atoms with E-state index in [1.807, 2.05) is 53.4 Å². The van der Waals surface area contributed by atoms with Gasteiger partial charge in [-0.15, -0.1) is 0 Å². The van der Waals surface area contributed by atoms with E-state index in [0.29, 0.717) is 24.2 Å². The van der Waals surface area contributed by atoms with Crippen molar-refractivity contribution in [2.75, 3.05) is 7.05 Å². The maximum absolute atomic E-state index is 13.1. The van der Waals surface area contributed by atoms with Crippen molar-refractivity contribution >= 4 is 27.8 Å². The highest BCUT2D eigenvalue weighted by atomic mass is 16.2. The van der Waals surface area contributed by atoms with Crippen LogP contribution in [-0.2, 0) is 13.1 Å². The Bertz CT molecular complexity index is 1370. The van der Waals surface area contributed by atoms with Crippen molar-refractivity contribution in [2.45, 2.75) is 13.1 Å². The number of imidazole rings is 1. The normalized spacial score (nSPS) is 11.1. The summed E-state index contributed by atoms with van der Waals surface area (Å²) < 4.78 is 1.95. The first-order valence-corrected chi connectivity index (χ1v) is 9.96. The van der Waals surface area contributed by atoms with Crippen molar-refractivity contribution in [1.29, 1.82) is 0 Å². The van der Waals surface area contributed by atoms with Gasteiger partial charge in [0.15, 0.2) is 5.65 Å². The number of carbonyl (C=O) groups excluding carboxylic acids is 1. The SMILES string of the molecule is CN(Cc1cccc2cnccc12)C(=O)c1cnc2c(c1)ncn2Cc1cccnc1. The van der Waals surface area contributed by atoms with Gasteiger partial charge in [-0.1, -0.05) is 24.3 Å². The van der Waals surface area contributed by atoms with Crippen LogP contribution in [0.3, 0.4) is 0 Å². The number of fused-ring (bicyclic) bond motifs is 2. The lowest BCUT2D eigenvalue weighted by Crippen LogP contribution is -2.26. The fourth-order valence-corrected chi connectivity index (χ4v) is 3.75. The molecule has 5 rings (SSSR count). The summed E-state index contributed by atoms with van der Waals surface area (Å²) in [7, 11) is 1.80. The van der Waals surface area contributed by atoms with Gasteiger partial charge in [-0.25, -0.2) is 9.97 Å². The molecule has 0 unspecified atom stereocenters. The molecule has 0 atom stereocenters. The lowest BCUT2D eigenvalue weighted by Gasteiger charge is -2.18. The van der Waals surface area contributed by atoms with Crippen molar-refractivity contribution in [3.63, 3.8) is 0 Å². The first kappa shape index (κ1) is 18.9. The molecule has 31 heavy (non-hydrogen) atoms. The van der Waals surface area contributed by atoms with E-state index < -0.39 is 0 Å². The van der Waals surface area contributed by atoms with Crippen LogP contribution < -0.4 is 0 Å². The van der Waals surface area contributed by atoms with Crippen LogP contribution in [0.1, 0.15) is 21.5 Å². The van der Waals surface area contributed by atoms with Gasteiger partial charge < -0.3 is 9.47 Å². The van der Waals surface area contributed by atoms with Crippen LogP contribution in [0.15, 0.2) is 79.8 Å². The number of hydrogen-bond acceptors (Lipinski definition) is 5. The van der Waals surface area contributed by atoms with Gasteiger partial charge in [0, 0.05) is 50.0 Å². The summed E-state index contributed by atoms with van der Waals surface area (Å²) in [6.45, 7) is 1.12. The summed E-state index contributed by atoms with van der Waals surface area (Å²) in [4.78, 5) is 32.0. The maximum atomic E-state index is 13.1. The number of pyridine rings is 3. The Morgan fingerprint density at radius 2 is 1.90 bits per heavy atom. The van der Waals surface area contributed by atoms with Gasteiger partial charge in [0.05, 0.1) is 18.4 Å². The third-order valence-corrected chi connectivity index (χ3v) is 5.30. The predicted octanol–water partition coefficient (Wildman–Crippen LogP) is 3.70. The van der Waals surface area contributed by atoms with Crippen molar-refractivity contribution < 1.29 is 4.79 Å². The maximum Gasteiger partial charge on any atom is 0.255 e. The molecule has 1 amide bonds. The average molecular weight is 408 g/mol. The number of aromatic nitrogens is 5. The van der Waals surface area contributed by atoms with E-state index >= 15 is 0 Å². The Morgan fingerprint density at radius 1 is 1.00 bits per heavy atom.